The van der Waals surface area contributed by atoms with Crippen molar-refractivity contribution in [3.63, 3.8) is 0 Å². The Morgan fingerprint density at radius 3 is 2.70 bits per heavy atom. The number of aromatic nitrogens is 4. The Kier molecular flexibility index (Phi) is 4.51. The third kappa shape index (κ3) is 3.25. The number of carbonyl (C=O) groups excluding carboxylic acids is 1. The molecule has 1 aromatic carbocycles. The number of hydrogen-bond donors (Lipinski definition) is 2. The van der Waals surface area contributed by atoms with Gasteiger partial charge in [0, 0.05) is 30.1 Å². The largest absolute Gasteiger partial charge is 0.337 e. The molecular formula is C20H23N5O2. The lowest BCUT2D eigenvalue weighted by molar-refractivity contribution is 0.0701. The van der Waals surface area contributed by atoms with E-state index < -0.39 is 0 Å². The number of nitrogens with one attached hydrogen (secondary N) is 2. The SMILES string of the molecule is CC(C)c1cc(C2CCCN(C(=O)c3n[nH]c(=O)c4ccccc34)C2)[nH]n1. The van der Waals surface area contributed by atoms with E-state index in [1.165, 1.54) is 0 Å². The number of aromatic amines is 2. The highest BCUT2D eigenvalue weighted by atomic mass is 16.2. The fraction of sp³-hybridized carbons (Fsp3) is 0.400. The average Bonchev–Trinajstić information content (AvgIpc) is 3.19. The smallest absolute Gasteiger partial charge is 0.274 e. The number of carbonyl (C=O) groups is 1. The van der Waals surface area contributed by atoms with Gasteiger partial charge in [0.05, 0.1) is 11.1 Å². The first-order chi connectivity index (χ1) is 13.0. The third-order valence-electron chi connectivity index (χ3n) is 5.26. The van der Waals surface area contributed by atoms with Crippen molar-refractivity contribution >= 4 is 16.7 Å². The van der Waals surface area contributed by atoms with E-state index in [-0.39, 0.29) is 17.4 Å². The topological polar surface area (TPSA) is 94.7 Å². The molecule has 0 saturated carbocycles. The molecule has 0 spiro atoms. The number of benzene rings is 1. The van der Waals surface area contributed by atoms with Gasteiger partial charge in [-0.1, -0.05) is 32.0 Å². The van der Waals surface area contributed by atoms with Crippen molar-refractivity contribution in [1.29, 1.82) is 0 Å². The molecule has 1 aliphatic heterocycles. The lowest BCUT2D eigenvalue weighted by atomic mass is 9.93. The van der Waals surface area contributed by atoms with E-state index in [1.807, 2.05) is 11.0 Å². The molecule has 1 atom stereocenters. The van der Waals surface area contributed by atoms with Gasteiger partial charge in [0.25, 0.3) is 11.5 Å². The van der Waals surface area contributed by atoms with Gasteiger partial charge in [-0.25, -0.2) is 5.10 Å². The molecule has 1 fully saturated rings. The van der Waals surface area contributed by atoms with Gasteiger partial charge < -0.3 is 4.90 Å². The summed E-state index contributed by atoms with van der Waals surface area (Å²) in [5.41, 5.74) is 2.15. The number of H-pyrrole nitrogens is 2. The van der Waals surface area contributed by atoms with E-state index in [1.54, 1.807) is 18.2 Å². The first-order valence-electron chi connectivity index (χ1n) is 9.36. The predicted molar refractivity (Wildman–Crippen MR) is 103 cm³/mol. The maximum atomic E-state index is 13.1. The second-order valence-corrected chi connectivity index (χ2v) is 7.44. The van der Waals surface area contributed by atoms with Gasteiger partial charge in [0.1, 0.15) is 0 Å². The average molecular weight is 365 g/mol. The summed E-state index contributed by atoms with van der Waals surface area (Å²) in [6.45, 7) is 5.54. The summed E-state index contributed by atoms with van der Waals surface area (Å²) >= 11 is 0. The molecule has 1 amide bonds. The monoisotopic (exact) mass is 365 g/mol. The van der Waals surface area contributed by atoms with Crippen molar-refractivity contribution in [2.45, 2.75) is 38.5 Å². The molecule has 1 saturated heterocycles. The summed E-state index contributed by atoms with van der Waals surface area (Å²) < 4.78 is 0. The zero-order valence-electron chi connectivity index (χ0n) is 15.5. The highest BCUT2D eigenvalue weighted by Gasteiger charge is 2.28. The van der Waals surface area contributed by atoms with Crippen molar-refractivity contribution in [3.05, 3.63) is 57.8 Å². The minimum Gasteiger partial charge on any atom is -0.337 e. The Balaban J connectivity index is 1.61. The maximum Gasteiger partial charge on any atom is 0.274 e. The van der Waals surface area contributed by atoms with Crippen LogP contribution in [0.4, 0.5) is 0 Å². The zero-order chi connectivity index (χ0) is 19.0. The molecule has 0 aliphatic carbocycles. The van der Waals surface area contributed by atoms with Crippen LogP contribution in [0.5, 0.6) is 0 Å². The number of hydrogen-bond acceptors (Lipinski definition) is 4. The van der Waals surface area contributed by atoms with E-state index >= 15 is 0 Å². The molecule has 27 heavy (non-hydrogen) atoms. The molecule has 7 nitrogen and oxygen atoms in total. The quantitative estimate of drug-likeness (QED) is 0.746. The lowest BCUT2D eigenvalue weighted by Gasteiger charge is -2.32. The Bertz CT molecular complexity index is 1040. The Morgan fingerprint density at radius 1 is 1.19 bits per heavy atom. The number of amides is 1. The molecule has 3 heterocycles. The molecule has 4 rings (SSSR count). The van der Waals surface area contributed by atoms with E-state index in [2.05, 4.69) is 40.3 Å². The highest BCUT2D eigenvalue weighted by Crippen LogP contribution is 2.28. The summed E-state index contributed by atoms with van der Waals surface area (Å²) in [5.74, 6) is 0.459. The standard InChI is InChI=1S/C20H23N5O2/c1-12(2)16-10-17(22-21-16)13-6-5-9-25(11-13)20(27)18-14-7-3-4-8-15(14)19(26)24-23-18/h3-4,7-8,10,12-13H,5-6,9,11H2,1-2H3,(H,21,22)(H,24,26). The normalized spacial score (nSPS) is 17.6. The van der Waals surface area contributed by atoms with E-state index in [0.29, 0.717) is 35.5 Å². The number of piperidine rings is 1. The second-order valence-electron chi connectivity index (χ2n) is 7.44. The van der Waals surface area contributed by atoms with Crippen LogP contribution in [0.1, 0.15) is 60.4 Å². The number of fused-ring (bicyclic) bond motifs is 1. The summed E-state index contributed by atoms with van der Waals surface area (Å²) in [4.78, 5) is 26.9. The lowest BCUT2D eigenvalue weighted by Crippen LogP contribution is -2.40. The van der Waals surface area contributed by atoms with Gasteiger partial charge in [-0.3, -0.25) is 14.7 Å². The summed E-state index contributed by atoms with van der Waals surface area (Å²) in [5, 5.41) is 15.1. The van der Waals surface area contributed by atoms with Crippen molar-refractivity contribution in [1.82, 2.24) is 25.3 Å². The molecule has 0 bridgehead atoms. The Hall–Kier alpha value is -2.96. The first-order valence-corrected chi connectivity index (χ1v) is 9.36. The molecule has 2 N–H and O–H groups in total. The molecule has 1 unspecified atom stereocenters. The molecular weight excluding hydrogens is 342 g/mol. The molecule has 2 aromatic heterocycles. The van der Waals surface area contributed by atoms with Crippen LogP contribution >= 0.6 is 0 Å². The summed E-state index contributed by atoms with van der Waals surface area (Å²) in [6.07, 6.45) is 1.94. The molecule has 3 aromatic rings. The van der Waals surface area contributed by atoms with Crippen molar-refractivity contribution < 1.29 is 4.79 Å². The van der Waals surface area contributed by atoms with Crippen molar-refractivity contribution in [2.75, 3.05) is 13.1 Å². The molecule has 0 radical (unpaired) electrons. The van der Waals surface area contributed by atoms with E-state index in [4.69, 9.17) is 0 Å². The highest BCUT2D eigenvalue weighted by molar-refractivity contribution is 6.04. The van der Waals surface area contributed by atoms with E-state index in [0.717, 1.165) is 24.2 Å². The number of rotatable bonds is 3. The number of nitrogens with zero attached hydrogens (tertiary/aromatic N) is 3. The summed E-state index contributed by atoms with van der Waals surface area (Å²) in [6, 6.07) is 9.20. The van der Waals surface area contributed by atoms with Gasteiger partial charge in [0.2, 0.25) is 0 Å². The number of likely N-dealkylation sites (tertiary alicyclic amines) is 1. The van der Waals surface area contributed by atoms with Crippen LogP contribution in [0.3, 0.4) is 0 Å². The minimum atomic E-state index is -0.280. The minimum absolute atomic E-state index is 0.143. The van der Waals surface area contributed by atoms with Crippen LogP contribution in [0.25, 0.3) is 10.8 Å². The summed E-state index contributed by atoms with van der Waals surface area (Å²) in [7, 11) is 0. The second kappa shape index (κ2) is 6.98. The van der Waals surface area contributed by atoms with Gasteiger partial charge in [-0.15, -0.1) is 0 Å². The predicted octanol–water partition coefficient (Wildman–Crippen LogP) is 2.79. The maximum absolute atomic E-state index is 13.1. The van der Waals surface area contributed by atoms with Gasteiger partial charge in [-0.05, 0) is 30.9 Å². The van der Waals surface area contributed by atoms with Crippen LogP contribution in [0, 0.1) is 0 Å². The van der Waals surface area contributed by atoms with Gasteiger partial charge >= 0.3 is 0 Å². The van der Waals surface area contributed by atoms with Crippen molar-refractivity contribution in [2.24, 2.45) is 0 Å². The van der Waals surface area contributed by atoms with E-state index in [9.17, 15) is 9.59 Å². The fourth-order valence-electron chi connectivity index (χ4n) is 3.70. The van der Waals surface area contributed by atoms with Crippen LogP contribution in [-0.2, 0) is 0 Å². The molecule has 7 heteroatoms. The van der Waals surface area contributed by atoms with Gasteiger partial charge in [0.15, 0.2) is 5.69 Å². The molecule has 1 aliphatic rings. The zero-order valence-corrected chi connectivity index (χ0v) is 15.5. The fourth-order valence-corrected chi connectivity index (χ4v) is 3.70. The van der Waals surface area contributed by atoms with Crippen LogP contribution in [0.2, 0.25) is 0 Å². The van der Waals surface area contributed by atoms with Crippen molar-refractivity contribution in [3.8, 4) is 0 Å². The Labute approximate surface area is 156 Å². The van der Waals surface area contributed by atoms with Crippen LogP contribution < -0.4 is 5.56 Å². The van der Waals surface area contributed by atoms with Crippen LogP contribution in [0.15, 0.2) is 35.1 Å². The molecule has 140 valence electrons. The van der Waals surface area contributed by atoms with Crippen LogP contribution in [-0.4, -0.2) is 44.3 Å². The third-order valence-corrected chi connectivity index (χ3v) is 5.26. The first kappa shape index (κ1) is 17.5. The Morgan fingerprint density at radius 2 is 1.96 bits per heavy atom. The van der Waals surface area contributed by atoms with Gasteiger partial charge in [-0.2, -0.15) is 10.2 Å².